The lowest BCUT2D eigenvalue weighted by atomic mass is 10.1. The summed E-state index contributed by atoms with van der Waals surface area (Å²) in [6.45, 7) is 5.79. The maximum atomic E-state index is 11.1. The van der Waals surface area contributed by atoms with Crippen LogP contribution in [0.3, 0.4) is 0 Å². The molecule has 0 spiro atoms. The molecule has 1 N–H and O–H groups in total. The van der Waals surface area contributed by atoms with Gasteiger partial charge in [0.15, 0.2) is 5.13 Å². The molecule has 0 unspecified atom stereocenters. The van der Waals surface area contributed by atoms with Crippen molar-refractivity contribution in [1.82, 2.24) is 9.88 Å². The Morgan fingerprint density at radius 1 is 1.52 bits per heavy atom. The smallest absolute Gasteiger partial charge is 0.305 e. The molecule has 0 atom stereocenters. The van der Waals surface area contributed by atoms with Crippen molar-refractivity contribution >= 4 is 22.4 Å². The summed E-state index contributed by atoms with van der Waals surface area (Å²) in [6, 6.07) is 0.526. The average molecular weight is 311 g/mol. The summed E-state index contributed by atoms with van der Waals surface area (Å²) in [7, 11) is 1.42. The summed E-state index contributed by atoms with van der Waals surface area (Å²) in [5.74, 6) is -0.180. The van der Waals surface area contributed by atoms with Crippen molar-refractivity contribution in [2.45, 2.75) is 45.1 Å². The van der Waals surface area contributed by atoms with Crippen LogP contribution >= 0.6 is 11.3 Å². The fraction of sp³-hybridized carbons (Fsp3) is 0.733. The van der Waals surface area contributed by atoms with Gasteiger partial charge < -0.3 is 15.0 Å². The van der Waals surface area contributed by atoms with Gasteiger partial charge in [0.25, 0.3) is 0 Å². The van der Waals surface area contributed by atoms with E-state index in [-0.39, 0.29) is 5.97 Å². The maximum Gasteiger partial charge on any atom is 0.305 e. The number of nitrogens with zero attached hydrogens (tertiary/aromatic N) is 2. The van der Waals surface area contributed by atoms with Crippen molar-refractivity contribution in [2.24, 2.45) is 0 Å². The minimum absolute atomic E-state index is 0.180. The van der Waals surface area contributed by atoms with Crippen LogP contribution in [0, 0.1) is 0 Å². The number of methoxy groups -OCH3 is 1. The van der Waals surface area contributed by atoms with Gasteiger partial charge in [0.05, 0.1) is 19.2 Å². The van der Waals surface area contributed by atoms with Gasteiger partial charge in [-0.05, 0) is 25.8 Å². The third kappa shape index (κ3) is 5.28. The number of likely N-dealkylation sites (tertiary alicyclic amines) is 1. The molecule has 0 aliphatic carbocycles. The number of anilines is 1. The Balaban J connectivity index is 1.74. The Kier molecular flexibility index (Phi) is 6.45. The highest BCUT2D eigenvalue weighted by Crippen LogP contribution is 2.21. The van der Waals surface area contributed by atoms with Gasteiger partial charge >= 0.3 is 5.97 Å². The number of thiazole rings is 1. The van der Waals surface area contributed by atoms with E-state index in [0.29, 0.717) is 18.9 Å². The molecule has 118 valence electrons. The molecule has 1 aromatic rings. The van der Waals surface area contributed by atoms with Gasteiger partial charge in [-0.2, -0.15) is 0 Å². The Hall–Kier alpha value is -1.14. The van der Waals surface area contributed by atoms with Crippen molar-refractivity contribution < 1.29 is 9.53 Å². The number of hydrogen-bond donors (Lipinski definition) is 1. The zero-order valence-electron chi connectivity index (χ0n) is 12.9. The number of piperidine rings is 1. The van der Waals surface area contributed by atoms with E-state index in [1.54, 1.807) is 11.3 Å². The third-order valence-electron chi connectivity index (χ3n) is 3.82. The molecule has 1 aliphatic rings. The van der Waals surface area contributed by atoms with Gasteiger partial charge in [-0.25, -0.2) is 4.98 Å². The lowest BCUT2D eigenvalue weighted by Crippen LogP contribution is -2.39. The number of carbonyl (C=O) groups is 1. The second-order valence-electron chi connectivity index (χ2n) is 5.48. The van der Waals surface area contributed by atoms with Gasteiger partial charge in [0.1, 0.15) is 0 Å². The third-order valence-corrected chi connectivity index (χ3v) is 4.64. The molecule has 6 heteroatoms. The molecule has 1 saturated heterocycles. The highest BCUT2D eigenvalue weighted by molar-refractivity contribution is 7.13. The number of carbonyl (C=O) groups excluding carboxylic acids is 1. The lowest BCUT2D eigenvalue weighted by Gasteiger charge is -2.31. The van der Waals surface area contributed by atoms with Gasteiger partial charge in [-0.15, -0.1) is 11.3 Å². The van der Waals surface area contributed by atoms with E-state index in [1.165, 1.54) is 46.0 Å². The number of aryl methyl sites for hydroxylation is 1. The van der Waals surface area contributed by atoms with E-state index in [2.05, 4.69) is 26.9 Å². The van der Waals surface area contributed by atoms with Crippen molar-refractivity contribution in [1.29, 1.82) is 0 Å². The standard InChI is InChI=1S/C15H25N3O2S/c1-3-8-18-9-6-12(7-10-18)16-15-17-13(11-21-15)4-5-14(19)20-2/h11-12H,3-10H2,1-2H3,(H,16,17). The van der Waals surface area contributed by atoms with E-state index in [0.717, 1.165) is 10.8 Å². The van der Waals surface area contributed by atoms with Crippen LogP contribution in [0.5, 0.6) is 0 Å². The first-order valence-electron chi connectivity index (χ1n) is 7.71. The minimum Gasteiger partial charge on any atom is -0.469 e. The molecule has 0 radical (unpaired) electrons. The zero-order valence-corrected chi connectivity index (χ0v) is 13.7. The molecule has 2 heterocycles. The molecule has 0 aromatic carbocycles. The Morgan fingerprint density at radius 2 is 2.29 bits per heavy atom. The molecule has 21 heavy (non-hydrogen) atoms. The normalized spacial score (nSPS) is 16.9. The van der Waals surface area contributed by atoms with E-state index in [4.69, 9.17) is 0 Å². The maximum absolute atomic E-state index is 11.1. The molecular formula is C15H25N3O2S. The molecule has 1 fully saturated rings. The quantitative estimate of drug-likeness (QED) is 0.784. The minimum atomic E-state index is -0.180. The van der Waals surface area contributed by atoms with Crippen LogP contribution in [0.4, 0.5) is 5.13 Å². The van der Waals surface area contributed by atoms with Crippen LogP contribution < -0.4 is 5.32 Å². The van der Waals surface area contributed by atoms with Crippen LogP contribution in [0.2, 0.25) is 0 Å². The van der Waals surface area contributed by atoms with Gasteiger partial charge in [0.2, 0.25) is 0 Å². The molecule has 0 saturated carbocycles. The molecule has 0 amide bonds. The molecule has 1 aromatic heterocycles. The van der Waals surface area contributed by atoms with Crippen LogP contribution in [-0.4, -0.2) is 48.6 Å². The largest absolute Gasteiger partial charge is 0.469 e. The molecular weight excluding hydrogens is 286 g/mol. The van der Waals surface area contributed by atoms with Gasteiger partial charge in [-0.3, -0.25) is 4.79 Å². The number of rotatable bonds is 7. The summed E-state index contributed by atoms with van der Waals surface area (Å²) in [5.41, 5.74) is 0.969. The topological polar surface area (TPSA) is 54.5 Å². The number of aromatic nitrogens is 1. The summed E-state index contributed by atoms with van der Waals surface area (Å²) in [6.07, 6.45) is 4.64. The first kappa shape index (κ1) is 16.2. The fourth-order valence-corrected chi connectivity index (χ4v) is 3.43. The number of ether oxygens (including phenoxy) is 1. The first-order chi connectivity index (χ1) is 10.2. The molecule has 1 aliphatic heterocycles. The summed E-state index contributed by atoms with van der Waals surface area (Å²) in [4.78, 5) is 18.2. The van der Waals surface area contributed by atoms with Crippen molar-refractivity contribution in [3.8, 4) is 0 Å². The number of nitrogens with one attached hydrogen (secondary N) is 1. The fourth-order valence-electron chi connectivity index (χ4n) is 2.61. The monoisotopic (exact) mass is 311 g/mol. The predicted molar refractivity (Wildman–Crippen MR) is 85.8 cm³/mol. The molecule has 0 bridgehead atoms. The second-order valence-corrected chi connectivity index (χ2v) is 6.34. The van der Waals surface area contributed by atoms with Crippen LogP contribution in [-0.2, 0) is 16.0 Å². The van der Waals surface area contributed by atoms with Crippen molar-refractivity contribution in [3.05, 3.63) is 11.1 Å². The SMILES string of the molecule is CCCN1CCC(Nc2nc(CCC(=O)OC)cs2)CC1. The lowest BCUT2D eigenvalue weighted by molar-refractivity contribution is -0.140. The Morgan fingerprint density at radius 3 is 2.95 bits per heavy atom. The highest BCUT2D eigenvalue weighted by Gasteiger charge is 2.19. The Labute approximate surface area is 130 Å². The summed E-state index contributed by atoms with van der Waals surface area (Å²) in [5, 5.41) is 6.53. The number of hydrogen-bond acceptors (Lipinski definition) is 6. The van der Waals surface area contributed by atoms with E-state index in [9.17, 15) is 4.79 Å². The van der Waals surface area contributed by atoms with E-state index in [1.807, 2.05) is 5.38 Å². The highest BCUT2D eigenvalue weighted by atomic mass is 32.1. The average Bonchev–Trinajstić information content (AvgIpc) is 2.94. The molecule has 2 rings (SSSR count). The van der Waals surface area contributed by atoms with Crippen LogP contribution in [0.25, 0.3) is 0 Å². The summed E-state index contributed by atoms with van der Waals surface area (Å²) < 4.78 is 4.65. The van der Waals surface area contributed by atoms with E-state index < -0.39 is 0 Å². The van der Waals surface area contributed by atoms with Gasteiger partial charge in [-0.1, -0.05) is 6.92 Å². The summed E-state index contributed by atoms with van der Waals surface area (Å²) >= 11 is 1.63. The van der Waals surface area contributed by atoms with Gasteiger partial charge in [0, 0.05) is 30.9 Å². The second kappa shape index (κ2) is 8.34. The zero-order chi connectivity index (χ0) is 15.1. The Bertz CT molecular complexity index is 442. The van der Waals surface area contributed by atoms with E-state index >= 15 is 0 Å². The van der Waals surface area contributed by atoms with Crippen LogP contribution in [0.1, 0.15) is 38.3 Å². The van der Waals surface area contributed by atoms with Crippen molar-refractivity contribution in [2.75, 3.05) is 32.1 Å². The van der Waals surface area contributed by atoms with Crippen LogP contribution in [0.15, 0.2) is 5.38 Å². The first-order valence-corrected chi connectivity index (χ1v) is 8.59. The number of esters is 1. The predicted octanol–water partition coefficient (Wildman–Crippen LogP) is 2.54. The van der Waals surface area contributed by atoms with Crippen molar-refractivity contribution in [3.63, 3.8) is 0 Å². The molecule has 5 nitrogen and oxygen atoms in total.